The summed E-state index contributed by atoms with van der Waals surface area (Å²) in [6.45, 7) is 6.93. The summed E-state index contributed by atoms with van der Waals surface area (Å²) in [6, 6.07) is 13.7. The maximum Gasteiger partial charge on any atom is 0.251 e. The van der Waals surface area contributed by atoms with Gasteiger partial charge in [-0.25, -0.2) is 0 Å². The maximum atomic E-state index is 12.6. The molecule has 0 radical (unpaired) electrons. The molecule has 0 aliphatic carbocycles. The average Bonchev–Trinajstić information content (AvgIpc) is 3.27. The number of hydrogen-bond acceptors (Lipinski definition) is 7. The Bertz CT molecular complexity index is 1100. The van der Waals surface area contributed by atoms with E-state index in [-0.39, 0.29) is 23.6 Å². The van der Waals surface area contributed by atoms with Crippen molar-refractivity contribution in [2.24, 2.45) is 0 Å². The molecule has 1 atom stereocenters. The second-order valence-corrected chi connectivity index (χ2v) is 8.25. The lowest BCUT2D eigenvalue weighted by Gasteiger charge is -2.15. The van der Waals surface area contributed by atoms with E-state index in [2.05, 4.69) is 20.8 Å². The first kappa shape index (κ1) is 25.1. The highest BCUT2D eigenvalue weighted by atomic mass is 32.2. The molecule has 0 saturated carbocycles. The van der Waals surface area contributed by atoms with Gasteiger partial charge in [0.1, 0.15) is 11.5 Å². The van der Waals surface area contributed by atoms with Crippen LogP contribution in [0.2, 0.25) is 0 Å². The lowest BCUT2D eigenvalue weighted by Crippen LogP contribution is -2.28. The van der Waals surface area contributed by atoms with Crippen molar-refractivity contribution in [3.8, 4) is 11.5 Å². The summed E-state index contributed by atoms with van der Waals surface area (Å²) < 4.78 is 12.4. The highest BCUT2D eigenvalue weighted by molar-refractivity contribution is 7.99. The predicted molar refractivity (Wildman–Crippen MR) is 132 cm³/mol. The minimum atomic E-state index is -0.367. The fraction of sp³-hybridized carbons (Fsp3) is 0.333. The van der Waals surface area contributed by atoms with Crippen LogP contribution in [-0.4, -0.2) is 46.0 Å². The van der Waals surface area contributed by atoms with Gasteiger partial charge >= 0.3 is 0 Å². The molecule has 34 heavy (non-hydrogen) atoms. The Kier molecular flexibility index (Phi) is 8.92. The monoisotopic (exact) mass is 483 g/mol. The van der Waals surface area contributed by atoms with Gasteiger partial charge in [0.15, 0.2) is 11.0 Å². The second kappa shape index (κ2) is 12.1. The van der Waals surface area contributed by atoms with Crippen molar-refractivity contribution >= 4 is 29.3 Å². The molecule has 0 fully saturated rings. The summed E-state index contributed by atoms with van der Waals surface area (Å²) in [6.07, 6.45) is 0. The van der Waals surface area contributed by atoms with Crippen LogP contribution in [0.5, 0.6) is 11.5 Å². The Morgan fingerprint density at radius 3 is 2.32 bits per heavy atom. The molecular weight excluding hydrogens is 454 g/mol. The van der Waals surface area contributed by atoms with E-state index in [0.717, 1.165) is 5.75 Å². The molecule has 9 nitrogen and oxygen atoms in total. The van der Waals surface area contributed by atoms with Crippen LogP contribution in [0.25, 0.3) is 0 Å². The fourth-order valence-corrected chi connectivity index (χ4v) is 4.05. The topological polar surface area (TPSA) is 107 Å². The van der Waals surface area contributed by atoms with Gasteiger partial charge < -0.3 is 24.7 Å². The number of thioether (sulfide) groups is 1. The van der Waals surface area contributed by atoms with E-state index in [1.54, 1.807) is 43.5 Å². The number of aromatic nitrogens is 3. The van der Waals surface area contributed by atoms with Gasteiger partial charge in [0.2, 0.25) is 5.91 Å². The van der Waals surface area contributed by atoms with Gasteiger partial charge in [-0.05, 0) is 69.3 Å². The molecule has 1 unspecified atom stereocenters. The molecule has 0 saturated heterocycles. The van der Waals surface area contributed by atoms with Crippen molar-refractivity contribution < 1.29 is 19.1 Å². The minimum absolute atomic E-state index is 0.151. The number of rotatable bonds is 11. The Hall–Kier alpha value is -3.53. The van der Waals surface area contributed by atoms with Gasteiger partial charge in [-0.3, -0.25) is 9.59 Å². The van der Waals surface area contributed by atoms with Crippen LogP contribution in [0, 0.1) is 0 Å². The van der Waals surface area contributed by atoms with E-state index in [9.17, 15) is 9.59 Å². The number of amides is 2. The zero-order valence-corrected chi connectivity index (χ0v) is 20.5. The summed E-state index contributed by atoms with van der Waals surface area (Å²) >= 11 is 1.29. The third-order valence-corrected chi connectivity index (χ3v) is 5.90. The molecule has 180 valence electrons. The molecule has 1 heterocycles. The highest BCUT2D eigenvalue weighted by Gasteiger charge is 2.20. The van der Waals surface area contributed by atoms with Crippen molar-refractivity contribution in [2.75, 3.05) is 24.8 Å². The van der Waals surface area contributed by atoms with Crippen LogP contribution < -0.4 is 20.1 Å². The second-order valence-electron chi connectivity index (χ2n) is 7.30. The van der Waals surface area contributed by atoms with E-state index in [1.807, 2.05) is 37.5 Å². The van der Waals surface area contributed by atoms with Crippen molar-refractivity contribution in [1.29, 1.82) is 0 Å². The first-order chi connectivity index (χ1) is 16.4. The first-order valence-electron chi connectivity index (χ1n) is 11.0. The molecule has 10 heteroatoms. The fourth-order valence-electron chi connectivity index (χ4n) is 3.24. The number of anilines is 1. The van der Waals surface area contributed by atoms with E-state index in [4.69, 9.17) is 9.47 Å². The standard InChI is InChI=1S/C24H29N5O4S/c1-5-29-22(16(3)25-23(31)17-7-11-19(32-4)12-8-17)27-28-24(29)34-15-21(30)26-18-9-13-20(14-10-18)33-6-2/h7-14,16H,5-6,15H2,1-4H3,(H,25,31)(H,26,30). The molecule has 2 aromatic carbocycles. The van der Waals surface area contributed by atoms with Crippen molar-refractivity contribution in [3.63, 3.8) is 0 Å². The molecule has 2 N–H and O–H groups in total. The number of nitrogens with zero attached hydrogens (tertiary/aromatic N) is 3. The number of methoxy groups -OCH3 is 1. The number of ether oxygens (including phenoxy) is 2. The van der Waals surface area contributed by atoms with Gasteiger partial charge in [-0.1, -0.05) is 11.8 Å². The highest BCUT2D eigenvalue weighted by Crippen LogP contribution is 2.22. The van der Waals surface area contributed by atoms with Crippen LogP contribution in [0.3, 0.4) is 0 Å². The van der Waals surface area contributed by atoms with Gasteiger partial charge in [0, 0.05) is 17.8 Å². The smallest absolute Gasteiger partial charge is 0.251 e. The molecule has 0 aliphatic heterocycles. The molecule has 1 aromatic heterocycles. The molecule has 2 amide bonds. The van der Waals surface area contributed by atoms with E-state index in [1.165, 1.54) is 11.8 Å². The quantitative estimate of drug-likeness (QED) is 0.398. The number of carbonyl (C=O) groups excluding carboxylic acids is 2. The Labute approximate surface area is 203 Å². The van der Waals surface area contributed by atoms with Crippen molar-refractivity contribution in [3.05, 3.63) is 59.9 Å². The minimum Gasteiger partial charge on any atom is -0.497 e. The normalized spacial score (nSPS) is 11.5. The number of hydrogen-bond donors (Lipinski definition) is 2. The Balaban J connectivity index is 1.58. The summed E-state index contributed by atoms with van der Waals surface area (Å²) in [4.78, 5) is 25.0. The zero-order chi connectivity index (χ0) is 24.5. The largest absolute Gasteiger partial charge is 0.497 e. The number of nitrogens with one attached hydrogen (secondary N) is 2. The molecule has 0 bridgehead atoms. The summed E-state index contributed by atoms with van der Waals surface area (Å²) in [7, 11) is 1.58. The van der Waals surface area contributed by atoms with E-state index in [0.29, 0.717) is 41.1 Å². The van der Waals surface area contributed by atoms with E-state index < -0.39 is 0 Å². The molecule has 3 rings (SSSR count). The average molecular weight is 484 g/mol. The third-order valence-electron chi connectivity index (χ3n) is 4.93. The van der Waals surface area contributed by atoms with Crippen LogP contribution in [0.15, 0.2) is 53.7 Å². The van der Waals surface area contributed by atoms with Crippen LogP contribution >= 0.6 is 11.8 Å². The maximum absolute atomic E-state index is 12.6. The first-order valence-corrected chi connectivity index (χ1v) is 12.0. The molecule has 0 spiro atoms. The predicted octanol–water partition coefficient (Wildman–Crippen LogP) is 3.93. The summed E-state index contributed by atoms with van der Waals surface area (Å²) in [5, 5.41) is 14.9. The van der Waals surface area contributed by atoms with Crippen LogP contribution in [-0.2, 0) is 11.3 Å². The van der Waals surface area contributed by atoms with Crippen LogP contribution in [0.4, 0.5) is 5.69 Å². The zero-order valence-electron chi connectivity index (χ0n) is 19.7. The Morgan fingerprint density at radius 1 is 1.03 bits per heavy atom. The van der Waals surface area contributed by atoms with Gasteiger partial charge in [0.05, 0.1) is 25.5 Å². The van der Waals surface area contributed by atoms with Crippen LogP contribution in [0.1, 0.15) is 43.0 Å². The molecule has 3 aromatic rings. The summed E-state index contributed by atoms with van der Waals surface area (Å²) in [5.41, 5.74) is 1.22. The van der Waals surface area contributed by atoms with Gasteiger partial charge in [0.25, 0.3) is 5.91 Å². The van der Waals surface area contributed by atoms with E-state index >= 15 is 0 Å². The molecular formula is C24H29N5O4S. The van der Waals surface area contributed by atoms with Gasteiger partial charge in [-0.2, -0.15) is 0 Å². The summed E-state index contributed by atoms with van der Waals surface area (Å²) in [5.74, 6) is 1.87. The number of carbonyl (C=O) groups is 2. The lowest BCUT2D eigenvalue weighted by atomic mass is 10.2. The van der Waals surface area contributed by atoms with Crippen molar-refractivity contribution in [2.45, 2.75) is 38.5 Å². The van der Waals surface area contributed by atoms with Gasteiger partial charge in [-0.15, -0.1) is 10.2 Å². The SMILES string of the molecule is CCOc1ccc(NC(=O)CSc2nnc(C(C)NC(=O)c3ccc(OC)cc3)n2CC)cc1. The lowest BCUT2D eigenvalue weighted by molar-refractivity contribution is -0.113. The Morgan fingerprint density at radius 2 is 1.71 bits per heavy atom. The number of benzene rings is 2. The molecule has 0 aliphatic rings. The third kappa shape index (κ3) is 6.50. The van der Waals surface area contributed by atoms with Crippen molar-refractivity contribution in [1.82, 2.24) is 20.1 Å².